The Hall–Kier alpha value is -2.83. The van der Waals surface area contributed by atoms with Gasteiger partial charge < -0.3 is 0 Å². The number of fused-ring (bicyclic) bond motifs is 1. The highest BCUT2D eigenvalue weighted by Gasteiger charge is 2.08. The molecule has 0 atom stereocenters. The maximum atomic E-state index is 4.40. The van der Waals surface area contributed by atoms with Crippen LogP contribution >= 0.6 is 11.3 Å². The van der Waals surface area contributed by atoms with E-state index < -0.39 is 0 Å². The van der Waals surface area contributed by atoms with Gasteiger partial charge >= 0.3 is 0 Å². The summed E-state index contributed by atoms with van der Waals surface area (Å²) in [5.41, 5.74) is 3.92. The third-order valence-corrected chi connectivity index (χ3v) is 4.41. The van der Waals surface area contributed by atoms with Crippen LogP contribution in [-0.4, -0.2) is 10.2 Å². The number of aromatic amines is 1. The van der Waals surface area contributed by atoms with Crippen LogP contribution in [0.5, 0.6) is 0 Å². The van der Waals surface area contributed by atoms with Gasteiger partial charge in [0.25, 0.3) is 0 Å². The minimum atomic E-state index is 0.828. The van der Waals surface area contributed by atoms with Gasteiger partial charge in [0.1, 0.15) is 5.69 Å². The van der Waals surface area contributed by atoms with E-state index in [4.69, 9.17) is 0 Å². The van der Waals surface area contributed by atoms with Crippen molar-refractivity contribution in [2.75, 3.05) is 0 Å². The number of nitrogens with zero attached hydrogens (tertiary/aromatic N) is 1. The van der Waals surface area contributed by atoms with E-state index in [0.29, 0.717) is 0 Å². The van der Waals surface area contributed by atoms with Crippen molar-refractivity contribution >= 4 is 21.4 Å². The standard InChI is InChI=1S/C19H12N2S/c1-2-6-14(7-3-1)10-11-15-12-18(21-20-15)17-13-22-19-9-5-4-8-16(17)19/h1-9,12-13H,(H,20,21). The molecule has 4 rings (SSSR count). The van der Waals surface area contributed by atoms with Gasteiger partial charge in [0.15, 0.2) is 0 Å². The Morgan fingerprint density at radius 1 is 0.909 bits per heavy atom. The van der Waals surface area contributed by atoms with Crippen LogP contribution in [0.25, 0.3) is 21.3 Å². The molecule has 0 saturated heterocycles. The molecule has 2 heterocycles. The van der Waals surface area contributed by atoms with Gasteiger partial charge in [0, 0.05) is 26.6 Å². The molecule has 0 amide bonds. The molecular formula is C19H12N2S. The summed E-state index contributed by atoms with van der Waals surface area (Å²) in [5.74, 6) is 6.26. The predicted octanol–water partition coefficient (Wildman–Crippen LogP) is 4.69. The Morgan fingerprint density at radius 2 is 1.73 bits per heavy atom. The van der Waals surface area contributed by atoms with E-state index in [9.17, 15) is 0 Å². The zero-order chi connectivity index (χ0) is 14.8. The van der Waals surface area contributed by atoms with Gasteiger partial charge in [0.2, 0.25) is 0 Å². The predicted molar refractivity (Wildman–Crippen MR) is 91.8 cm³/mol. The van der Waals surface area contributed by atoms with Crippen LogP contribution < -0.4 is 0 Å². The SMILES string of the molecule is C(#Cc1cc(-c2csc3ccccc23)n[nH]1)c1ccccc1. The number of benzene rings is 2. The van der Waals surface area contributed by atoms with E-state index >= 15 is 0 Å². The molecule has 2 nitrogen and oxygen atoms in total. The molecule has 2 aromatic carbocycles. The fourth-order valence-electron chi connectivity index (χ4n) is 2.36. The number of thiophene rings is 1. The fourth-order valence-corrected chi connectivity index (χ4v) is 3.32. The van der Waals surface area contributed by atoms with E-state index in [-0.39, 0.29) is 0 Å². The first-order chi connectivity index (χ1) is 10.9. The molecule has 0 aliphatic rings. The quantitative estimate of drug-likeness (QED) is 0.508. The minimum Gasteiger partial charge on any atom is -0.269 e. The number of aromatic nitrogens is 2. The van der Waals surface area contributed by atoms with Crippen molar-refractivity contribution in [1.29, 1.82) is 0 Å². The highest BCUT2D eigenvalue weighted by molar-refractivity contribution is 7.17. The Bertz CT molecular complexity index is 984. The van der Waals surface area contributed by atoms with Crippen molar-refractivity contribution < 1.29 is 0 Å². The highest BCUT2D eigenvalue weighted by atomic mass is 32.1. The van der Waals surface area contributed by atoms with Crippen LogP contribution in [0, 0.1) is 11.8 Å². The molecule has 0 unspecified atom stereocenters. The van der Waals surface area contributed by atoms with Crippen LogP contribution in [0.4, 0.5) is 0 Å². The molecule has 2 aromatic heterocycles. The van der Waals surface area contributed by atoms with Crippen LogP contribution in [0.2, 0.25) is 0 Å². The summed E-state index contributed by atoms with van der Waals surface area (Å²) >= 11 is 1.74. The molecule has 0 aliphatic carbocycles. The third kappa shape index (κ3) is 2.41. The maximum absolute atomic E-state index is 4.40. The minimum absolute atomic E-state index is 0.828. The summed E-state index contributed by atoms with van der Waals surface area (Å²) in [6, 6.07) is 20.3. The second-order valence-electron chi connectivity index (χ2n) is 4.93. The van der Waals surface area contributed by atoms with E-state index in [2.05, 4.69) is 51.7 Å². The third-order valence-electron chi connectivity index (χ3n) is 3.45. The van der Waals surface area contributed by atoms with E-state index in [1.54, 1.807) is 11.3 Å². The van der Waals surface area contributed by atoms with E-state index in [1.165, 1.54) is 10.1 Å². The number of rotatable bonds is 1. The molecule has 0 radical (unpaired) electrons. The molecule has 0 spiro atoms. The van der Waals surface area contributed by atoms with E-state index in [1.807, 2.05) is 36.4 Å². The lowest BCUT2D eigenvalue weighted by atomic mass is 10.1. The number of H-pyrrole nitrogens is 1. The van der Waals surface area contributed by atoms with Crippen molar-refractivity contribution in [2.45, 2.75) is 0 Å². The Balaban J connectivity index is 1.69. The number of hydrogen-bond acceptors (Lipinski definition) is 2. The first-order valence-corrected chi connectivity index (χ1v) is 7.87. The van der Waals surface area contributed by atoms with Gasteiger partial charge in [-0.1, -0.05) is 42.3 Å². The molecule has 0 aliphatic heterocycles. The second-order valence-corrected chi connectivity index (χ2v) is 5.84. The normalized spacial score (nSPS) is 10.4. The fraction of sp³-hybridized carbons (Fsp3) is 0. The van der Waals surface area contributed by atoms with Gasteiger partial charge in [-0.3, -0.25) is 5.10 Å². The topological polar surface area (TPSA) is 28.7 Å². The molecular weight excluding hydrogens is 288 g/mol. The van der Waals surface area contributed by atoms with Gasteiger partial charge in [0.05, 0.1) is 5.69 Å². The van der Waals surface area contributed by atoms with Gasteiger partial charge in [-0.25, -0.2) is 0 Å². The summed E-state index contributed by atoms with van der Waals surface area (Å²) in [4.78, 5) is 0. The molecule has 22 heavy (non-hydrogen) atoms. The van der Waals surface area contributed by atoms with Crippen molar-refractivity contribution in [1.82, 2.24) is 10.2 Å². The first-order valence-electron chi connectivity index (χ1n) is 6.99. The lowest BCUT2D eigenvalue weighted by Crippen LogP contribution is -1.75. The number of nitrogens with one attached hydrogen (secondary N) is 1. The second kappa shape index (κ2) is 5.51. The molecule has 0 fully saturated rings. The zero-order valence-electron chi connectivity index (χ0n) is 11.7. The average Bonchev–Trinajstić information content (AvgIpc) is 3.20. The van der Waals surface area contributed by atoms with Crippen LogP contribution in [0.1, 0.15) is 11.3 Å². The average molecular weight is 300 g/mol. The summed E-state index contributed by atoms with van der Waals surface area (Å²) in [6.45, 7) is 0. The van der Waals surface area contributed by atoms with Crippen molar-refractivity contribution in [3.05, 3.63) is 77.3 Å². The summed E-state index contributed by atoms with van der Waals surface area (Å²) < 4.78 is 1.28. The number of hydrogen-bond donors (Lipinski definition) is 1. The summed E-state index contributed by atoms with van der Waals surface area (Å²) in [5, 5.41) is 10.8. The summed E-state index contributed by atoms with van der Waals surface area (Å²) in [6.07, 6.45) is 0. The van der Waals surface area contributed by atoms with Crippen molar-refractivity contribution in [3.8, 4) is 23.1 Å². The zero-order valence-corrected chi connectivity index (χ0v) is 12.5. The molecule has 104 valence electrons. The van der Waals surface area contributed by atoms with Crippen LogP contribution in [0.3, 0.4) is 0 Å². The van der Waals surface area contributed by atoms with Gasteiger partial charge in [-0.15, -0.1) is 11.3 Å². The Labute approximate surface area is 132 Å². The van der Waals surface area contributed by atoms with Gasteiger partial charge in [-0.2, -0.15) is 5.10 Å². The maximum Gasteiger partial charge on any atom is 0.108 e. The molecule has 4 aromatic rings. The van der Waals surface area contributed by atoms with Crippen LogP contribution in [0.15, 0.2) is 66.0 Å². The molecule has 0 saturated carbocycles. The van der Waals surface area contributed by atoms with Gasteiger partial charge in [-0.05, 0) is 30.2 Å². The largest absolute Gasteiger partial charge is 0.269 e. The Morgan fingerprint density at radius 3 is 2.64 bits per heavy atom. The monoisotopic (exact) mass is 300 g/mol. The van der Waals surface area contributed by atoms with E-state index in [0.717, 1.165) is 22.5 Å². The first kappa shape index (κ1) is 12.9. The highest BCUT2D eigenvalue weighted by Crippen LogP contribution is 2.32. The smallest absolute Gasteiger partial charge is 0.108 e. The molecule has 1 N–H and O–H groups in total. The lowest BCUT2D eigenvalue weighted by molar-refractivity contribution is 1.08. The molecule has 3 heteroatoms. The van der Waals surface area contributed by atoms with Crippen LogP contribution in [-0.2, 0) is 0 Å². The van der Waals surface area contributed by atoms with Crippen molar-refractivity contribution in [2.24, 2.45) is 0 Å². The van der Waals surface area contributed by atoms with Crippen molar-refractivity contribution in [3.63, 3.8) is 0 Å². The molecule has 0 bridgehead atoms. The summed E-state index contributed by atoms with van der Waals surface area (Å²) in [7, 11) is 0. The Kier molecular flexibility index (Phi) is 3.23. The lowest BCUT2D eigenvalue weighted by Gasteiger charge is -1.92.